The maximum absolute atomic E-state index is 12.8. The van der Waals surface area contributed by atoms with Crippen molar-refractivity contribution < 1.29 is 9.32 Å². The molecule has 4 aromatic rings. The standard InChI is InChI=1S/C18H13ClN4O3/c1-23-14-5-3-2-4-10(14)8-15(23)17(24)20-13-7-6-11(19)9-12(13)16-21-18(25)26-22-16/h2-9H,1H3,(H,20,24)(H,21,22,25). The van der Waals surface area contributed by atoms with Crippen molar-refractivity contribution in [2.75, 3.05) is 5.32 Å². The molecule has 2 aromatic heterocycles. The van der Waals surface area contributed by atoms with Gasteiger partial charge in [-0.25, -0.2) is 4.79 Å². The number of anilines is 1. The maximum Gasteiger partial charge on any atom is 0.439 e. The van der Waals surface area contributed by atoms with Gasteiger partial charge >= 0.3 is 5.76 Å². The number of rotatable bonds is 3. The Labute approximate surface area is 152 Å². The van der Waals surface area contributed by atoms with Gasteiger partial charge < -0.3 is 9.88 Å². The highest BCUT2D eigenvalue weighted by atomic mass is 35.5. The van der Waals surface area contributed by atoms with Gasteiger partial charge in [-0.05, 0) is 30.3 Å². The number of halogens is 1. The number of hydrogen-bond acceptors (Lipinski definition) is 4. The van der Waals surface area contributed by atoms with E-state index in [0.29, 0.717) is 22.0 Å². The summed E-state index contributed by atoms with van der Waals surface area (Å²) in [4.78, 5) is 26.5. The SMILES string of the molecule is Cn1c(C(=O)Nc2ccc(Cl)cc2-c2noc(=O)[nH]2)cc2ccccc21. The second kappa shape index (κ2) is 6.20. The summed E-state index contributed by atoms with van der Waals surface area (Å²) < 4.78 is 6.36. The monoisotopic (exact) mass is 368 g/mol. The molecule has 0 saturated heterocycles. The number of nitrogens with zero attached hydrogens (tertiary/aromatic N) is 2. The molecule has 0 spiro atoms. The van der Waals surface area contributed by atoms with Crippen molar-refractivity contribution >= 4 is 34.1 Å². The number of H-pyrrole nitrogens is 1. The number of aromatic amines is 1. The van der Waals surface area contributed by atoms with Crippen LogP contribution in [0.3, 0.4) is 0 Å². The van der Waals surface area contributed by atoms with Crippen LogP contribution < -0.4 is 11.1 Å². The van der Waals surface area contributed by atoms with Crippen LogP contribution in [-0.4, -0.2) is 20.6 Å². The number of fused-ring (bicyclic) bond motifs is 1. The van der Waals surface area contributed by atoms with Crippen molar-refractivity contribution in [2.24, 2.45) is 7.05 Å². The van der Waals surface area contributed by atoms with Crippen molar-refractivity contribution in [3.05, 3.63) is 69.8 Å². The van der Waals surface area contributed by atoms with Crippen LogP contribution in [-0.2, 0) is 7.05 Å². The summed E-state index contributed by atoms with van der Waals surface area (Å²) in [6.45, 7) is 0. The first-order chi connectivity index (χ1) is 12.5. The summed E-state index contributed by atoms with van der Waals surface area (Å²) >= 11 is 6.04. The number of aryl methyl sites for hydroxylation is 1. The van der Waals surface area contributed by atoms with E-state index in [-0.39, 0.29) is 11.7 Å². The average Bonchev–Trinajstić information content (AvgIpc) is 3.20. The fraction of sp³-hybridized carbons (Fsp3) is 0.0556. The normalized spacial score (nSPS) is 11.0. The molecular weight excluding hydrogens is 356 g/mol. The van der Waals surface area contributed by atoms with Crippen molar-refractivity contribution in [3.8, 4) is 11.4 Å². The molecule has 1 amide bonds. The van der Waals surface area contributed by atoms with E-state index in [4.69, 9.17) is 11.6 Å². The van der Waals surface area contributed by atoms with Gasteiger partial charge in [-0.1, -0.05) is 35.0 Å². The van der Waals surface area contributed by atoms with E-state index in [1.807, 2.05) is 41.9 Å². The number of carbonyl (C=O) groups is 1. The minimum absolute atomic E-state index is 0.185. The van der Waals surface area contributed by atoms with Crippen molar-refractivity contribution in [2.45, 2.75) is 0 Å². The lowest BCUT2D eigenvalue weighted by molar-refractivity contribution is 0.102. The Morgan fingerprint density at radius 2 is 2.04 bits per heavy atom. The van der Waals surface area contributed by atoms with E-state index >= 15 is 0 Å². The van der Waals surface area contributed by atoms with Gasteiger partial charge in [-0.3, -0.25) is 14.3 Å². The highest BCUT2D eigenvalue weighted by molar-refractivity contribution is 6.31. The predicted octanol–water partition coefficient (Wildman–Crippen LogP) is 3.43. The molecule has 2 N–H and O–H groups in total. The average molecular weight is 369 g/mol. The van der Waals surface area contributed by atoms with Crippen LogP contribution in [0.25, 0.3) is 22.3 Å². The van der Waals surface area contributed by atoms with Crippen molar-refractivity contribution in [3.63, 3.8) is 0 Å². The molecule has 2 aromatic carbocycles. The van der Waals surface area contributed by atoms with E-state index in [1.54, 1.807) is 18.2 Å². The van der Waals surface area contributed by atoms with Gasteiger partial charge in [0.1, 0.15) is 5.69 Å². The fourth-order valence-corrected chi connectivity index (χ4v) is 3.03. The maximum atomic E-state index is 12.8. The molecule has 0 aliphatic carbocycles. The predicted molar refractivity (Wildman–Crippen MR) is 98.4 cm³/mol. The molecule has 26 heavy (non-hydrogen) atoms. The molecule has 4 rings (SSSR count). The van der Waals surface area contributed by atoms with Crippen LogP contribution in [0.4, 0.5) is 5.69 Å². The van der Waals surface area contributed by atoms with Gasteiger partial charge in [0.25, 0.3) is 5.91 Å². The molecule has 0 aliphatic rings. The number of aromatic nitrogens is 3. The van der Waals surface area contributed by atoms with E-state index in [9.17, 15) is 9.59 Å². The van der Waals surface area contributed by atoms with Crippen molar-refractivity contribution in [1.82, 2.24) is 14.7 Å². The summed E-state index contributed by atoms with van der Waals surface area (Å²) in [7, 11) is 1.83. The molecule has 0 fully saturated rings. The van der Waals surface area contributed by atoms with Gasteiger partial charge in [-0.2, -0.15) is 0 Å². The van der Waals surface area contributed by atoms with Crippen LogP contribution in [0, 0.1) is 0 Å². The largest absolute Gasteiger partial charge is 0.439 e. The van der Waals surface area contributed by atoms with E-state index in [2.05, 4.69) is 20.0 Å². The Morgan fingerprint density at radius 3 is 2.77 bits per heavy atom. The molecular formula is C18H13ClN4O3. The third-order valence-corrected chi connectivity index (χ3v) is 4.34. The van der Waals surface area contributed by atoms with E-state index < -0.39 is 5.76 Å². The topological polar surface area (TPSA) is 92.9 Å². The van der Waals surface area contributed by atoms with Gasteiger partial charge in [0.05, 0.1) is 5.69 Å². The van der Waals surface area contributed by atoms with E-state index in [1.165, 1.54) is 0 Å². The molecule has 2 heterocycles. The quantitative estimate of drug-likeness (QED) is 0.579. The summed E-state index contributed by atoms with van der Waals surface area (Å²) in [6, 6.07) is 14.4. The summed E-state index contributed by atoms with van der Waals surface area (Å²) in [5, 5.41) is 7.91. The second-order valence-corrected chi connectivity index (χ2v) is 6.17. The fourth-order valence-electron chi connectivity index (χ4n) is 2.86. The molecule has 8 heteroatoms. The third-order valence-electron chi connectivity index (χ3n) is 4.11. The molecule has 0 radical (unpaired) electrons. The Bertz CT molecular complexity index is 1190. The first-order valence-electron chi connectivity index (χ1n) is 7.74. The van der Waals surface area contributed by atoms with Crippen LogP contribution in [0.15, 0.2) is 57.8 Å². The van der Waals surface area contributed by atoms with E-state index in [0.717, 1.165) is 10.9 Å². The molecule has 0 atom stereocenters. The Balaban J connectivity index is 1.74. The molecule has 130 valence electrons. The van der Waals surface area contributed by atoms with Crippen LogP contribution in [0.1, 0.15) is 10.5 Å². The Hall–Kier alpha value is -3.32. The smallest absolute Gasteiger partial charge is 0.340 e. The number of amides is 1. The zero-order valence-corrected chi connectivity index (χ0v) is 14.4. The van der Waals surface area contributed by atoms with Crippen LogP contribution in [0.5, 0.6) is 0 Å². The lowest BCUT2D eigenvalue weighted by Gasteiger charge is -2.10. The number of para-hydroxylation sites is 1. The Kier molecular flexibility index (Phi) is 3.85. The minimum Gasteiger partial charge on any atom is -0.340 e. The van der Waals surface area contributed by atoms with Gasteiger partial charge in [0.15, 0.2) is 5.82 Å². The van der Waals surface area contributed by atoms with Gasteiger partial charge in [0, 0.05) is 28.5 Å². The Morgan fingerprint density at radius 1 is 1.23 bits per heavy atom. The number of carbonyl (C=O) groups excluding carboxylic acids is 1. The molecule has 0 saturated carbocycles. The van der Waals surface area contributed by atoms with Crippen molar-refractivity contribution in [1.29, 1.82) is 0 Å². The molecule has 0 aliphatic heterocycles. The summed E-state index contributed by atoms with van der Waals surface area (Å²) in [6.07, 6.45) is 0. The molecule has 0 unspecified atom stereocenters. The molecule has 7 nitrogen and oxygen atoms in total. The minimum atomic E-state index is -0.689. The van der Waals surface area contributed by atoms with Gasteiger partial charge in [-0.15, -0.1) is 0 Å². The third kappa shape index (κ3) is 2.78. The number of benzene rings is 2. The zero-order valence-electron chi connectivity index (χ0n) is 13.6. The first kappa shape index (κ1) is 16.2. The summed E-state index contributed by atoms with van der Waals surface area (Å²) in [5.41, 5.74) is 2.36. The highest BCUT2D eigenvalue weighted by Crippen LogP contribution is 2.29. The molecule has 0 bridgehead atoms. The van der Waals surface area contributed by atoms with Gasteiger partial charge in [0.2, 0.25) is 0 Å². The number of hydrogen-bond donors (Lipinski definition) is 2. The second-order valence-electron chi connectivity index (χ2n) is 5.74. The lowest BCUT2D eigenvalue weighted by atomic mass is 10.1. The zero-order chi connectivity index (χ0) is 18.3. The van der Waals surface area contributed by atoms with Crippen LogP contribution in [0.2, 0.25) is 5.02 Å². The van der Waals surface area contributed by atoms with Crippen LogP contribution >= 0.6 is 11.6 Å². The summed E-state index contributed by atoms with van der Waals surface area (Å²) in [5.74, 6) is -0.797. The highest BCUT2D eigenvalue weighted by Gasteiger charge is 2.17. The number of nitrogens with one attached hydrogen (secondary N) is 2. The first-order valence-corrected chi connectivity index (χ1v) is 8.12. The lowest BCUT2D eigenvalue weighted by Crippen LogP contribution is -2.16.